The zero-order valence-electron chi connectivity index (χ0n) is 17.1. The standard InChI is InChI=1S/C20H30N4O6/c1-28-20-17(22-12-14-8-4-2-5-9-14)18(27)19(15(30-20)13-23-24-21)29-11-7-3-6-10-16(25)26/h2,4-5,8-9,15,17-20,22,27H,3,6-7,10-13H2,1H3,(H,25,26). The molecule has 166 valence electrons. The zero-order chi connectivity index (χ0) is 21.8. The number of nitrogens with zero attached hydrogens (tertiary/aromatic N) is 3. The minimum absolute atomic E-state index is 0.00249. The topological polar surface area (TPSA) is 146 Å². The van der Waals surface area contributed by atoms with Crippen LogP contribution in [-0.2, 0) is 25.5 Å². The predicted octanol–water partition coefficient (Wildman–Crippen LogP) is 2.22. The van der Waals surface area contributed by atoms with E-state index in [0.717, 1.165) is 5.56 Å². The van der Waals surface area contributed by atoms with E-state index in [1.54, 1.807) is 0 Å². The van der Waals surface area contributed by atoms with E-state index in [1.165, 1.54) is 7.11 Å². The predicted molar refractivity (Wildman–Crippen MR) is 109 cm³/mol. The van der Waals surface area contributed by atoms with Crippen LogP contribution < -0.4 is 5.32 Å². The van der Waals surface area contributed by atoms with Crippen LogP contribution in [0.3, 0.4) is 0 Å². The monoisotopic (exact) mass is 422 g/mol. The Bertz CT molecular complexity index is 685. The van der Waals surface area contributed by atoms with Crippen LogP contribution in [0.1, 0.15) is 31.2 Å². The first-order chi connectivity index (χ1) is 14.6. The summed E-state index contributed by atoms with van der Waals surface area (Å²) in [4.78, 5) is 13.4. The summed E-state index contributed by atoms with van der Waals surface area (Å²) in [6.07, 6.45) is -1.02. The first-order valence-corrected chi connectivity index (χ1v) is 10.0. The van der Waals surface area contributed by atoms with Crippen molar-refractivity contribution in [2.24, 2.45) is 5.11 Å². The van der Waals surface area contributed by atoms with Gasteiger partial charge in [-0.1, -0.05) is 41.9 Å². The minimum Gasteiger partial charge on any atom is -0.481 e. The van der Waals surface area contributed by atoms with Gasteiger partial charge < -0.3 is 29.7 Å². The number of carboxylic acid groups (broad SMARTS) is 1. The van der Waals surface area contributed by atoms with Crippen molar-refractivity contribution in [3.8, 4) is 0 Å². The van der Waals surface area contributed by atoms with Crippen molar-refractivity contribution >= 4 is 5.97 Å². The van der Waals surface area contributed by atoms with E-state index >= 15 is 0 Å². The Morgan fingerprint density at radius 3 is 2.73 bits per heavy atom. The van der Waals surface area contributed by atoms with Gasteiger partial charge in [0.25, 0.3) is 0 Å². The fourth-order valence-electron chi connectivity index (χ4n) is 3.41. The van der Waals surface area contributed by atoms with Gasteiger partial charge in [0.15, 0.2) is 6.29 Å². The second-order valence-electron chi connectivity index (χ2n) is 7.11. The lowest BCUT2D eigenvalue weighted by atomic mass is 9.96. The zero-order valence-corrected chi connectivity index (χ0v) is 17.1. The number of hydrogen-bond donors (Lipinski definition) is 3. The molecular weight excluding hydrogens is 392 g/mol. The summed E-state index contributed by atoms with van der Waals surface area (Å²) >= 11 is 0. The number of unbranched alkanes of at least 4 members (excludes halogenated alkanes) is 2. The van der Waals surface area contributed by atoms with Crippen molar-refractivity contribution in [1.29, 1.82) is 0 Å². The molecule has 1 aromatic rings. The number of aliphatic hydroxyl groups excluding tert-OH is 1. The highest BCUT2D eigenvalue weighted by Crippen LogP contribution is 2.25. The molecule has 1 saturated heterocycles. The molecule has 10 nitrogen and oxygen atoms in total. The Morgan fingerprint density at radius 2 is 2.07 bits per heavy atom. The molecule has 0 spiro atoms. The Labute approximate surface area is 175 Å². The average molecular weight is 422 g/mol. The van der Waals surface area contributed by atoms with E-state index < -0.39 is 36.6 Å². The van der Waals surface area contributed by atoms with Gasteiger partial charge in [-0.2, -0.15) is 0 Å². The number of aliphatic hydroxyl groups is 1. The van der Waals surface area contributed by atoms with Crippen LogP contribution >= 0.6 is 0 Å². The van der Waals surface area contributed by atoms with Crippen LogP contribution in [-0.4, -0.2) is 67.1 Å². The molecule has 1 aromatic carbocycles. The van der Waals surface area contributed by atoms with E-state index in [0.29, 0.717) is 32.4 Å². The van der Waals surface area contributed by atoms with Crippen LogP contribution in [0.2, 0.25) is 0 Å². The van der Waals surface area contributed by atoms with Gasteiger partial charge in [-0.05, 0) is 23.9 Å². The van der Waals surface area contributed by atoms with Gasteiger partial charge in [0.1, 0.15) is 12.2 Å². The van der Waals surface area contributed by atoms with E-state index in [1.807, 2.05) is 30.3 Å². The molecule has 5 atom stereocenters. The number of azide groups is 1. The highest BCUT2D eigenvalue weighted by Gasteiger charge is 2.45. The highest BCUT2D eigenvalue weighted by atomic mass is 16.7. The summed E-state index contributed by atoms with van der Waals surface area (Å²) in [6.45, 7) is 0.845. The fraction of sp³-hybridized carbons (Fsp3) is 0.650. The van der Waals surface area contributed by atoms with Gasteiger partial charge in [-0.3, -0.25) is 4.79 Å². The molecule has 0 aromatic heterocycles. The van der Waals surface area contributed by atoms with Crippen molar-refractivity contribution in [1.82, 2.24) is 5.32 Å². The molecule has 0 radical (unpaired) electrons. The molecule has 5 unspecified atom stereocenters. The number of nitrogens with one attached hydrogen (secondary N) is 1. The van der Waals surface area contributed by atoms with E-state index in [-0.39, 0.29) is 13.0 Å². The molecule has 1 fully saturated rings. The number of carboxylic acids is 1. The summed E-state index contributed by atoms with van der Waals surface area (Å²) < 4.78 is 17.2. The summed E-state index contributed by atoms with van der Waals surface area (Å²) in [6, 6.07) is 9.20. The summed E-state index contributed by atoms with van der Waals surface area (Å²) in [5, 5.41) is 26.5. The molecule has 1 aliphatic heterocycles. The molecule has 1 aliphatic rings. The number of rotatable bonds is 13. The van der Waals surface area contributed by atoms with Crippen LogP contribution in [0.25, 0.3) is 10.4 Å². The SMILES string of the molecule is COC1OC(CN=[N+]=[N-])C(OCCCCCC(=O)O)C(O)C1NCc1ccccc1. The number of benzene rings is 1. The second-order valence-corrected chi connectivity index (χ2v) is 7.11. The highest BCUT2D eigenvalue weighted by molar-refractivity contribution is 5.66. The molecular formula is C20H30N4O6. The van der Waals surface area contributed by atoms with E-state index in [9.17, 15) is 9.90 Å². The Kier molecular flexibility index (Phi) is 10.6. The van der Waals surface area contributed by atoms with Crippen molar-refractivity contribution in [3.05, 3.63) is 46.3 Å². The Morgan fingerprint density at radius 1 is 1.30 bits per heavy atom. The summed E-state index contributed by atoms with van der Waals surface area (Å²) in [5.74, 6) is -0.820. The molecule has 0 saturated carbocycles. The lowest BCUT2D eigenvalue weighted by Gasteiger charge is -2.44. The van der Waals surface area contributed by atoms with Gasteiger partial charge in [0.2, 0.25) is 0 Å². The molecule has 1 heterocycles. The molecule has 0 aliphatic carbocycles. The molecule has 10 heteroatoms. The van der Waals surface area contributed by atoms with Gasteiger partial charge in [-0.25, -0.2) is 0 Å². The summed E-state index contributed by atoms with van der Waals surface area (Å²) in [7, 11) is 1.49. The van der Waals surface area contributed by atoms with Crippen LogP contribution in [0, 0.1) is 0 Å². The molecule has 3 N–H and O–H groups in total. The summed E-state index contributed by atoms with van der Waals surface area (Å²) in [5.41, 5.74) is 9.71. The molecule has 0 amide bonds. The third-order valence-electron chi connectivity index (χ3n) is 4.96. The van der Waals surface area contributed by atoms with Gasteiger partial charge in [0.05, 0.1) is 18.7 Å². The number of methoxy groups -OCH3 is 1. The minimum atomic E-state index is -0.953. The van der Waals surface area contributed by atoms with Crippen LogP contribution in [0.5, 0.6) is 0 Å². The first kappa shape index (κ1) is 24.1. The van der Waals surface area contributed by atoms with E-state index in [4.69, 9.17) is 24.8 Å². The van der Waals surface area contributed by atoms with Crippen molar-refractivity contribution in [2.75, 3.05) is 20.3 Å². The maximum Gasteiger partial charge on any atom is 0.303 e. The largest absolute Gasteiger partial charge is 0.481 e. The lowest BCUT2D eigenvalue weighted by molar-refractivity contribution is -0.263. The van der Waals surface area contributed by atoms with Crippen molar-refractivity contribution < 1.29 is 29.2 Å². The molecule has 30 heavy (non-hydrogen) atoms. The normalized spacial score (nSPS) is 26.1. The fourth-order valence-corrected chi connectivity index (χ4v) is 3.41. The first-order valence-electron chi connectivity index (χ1n) is 10.0. The number of aliphatic carboxylic acids is 1. The maximum absolute atomic E-state index is 11.0. The Hall–Kier alpha value is -2.20. The molecule has 0 bridgehead atoms. The Balaban J connectivity index is 1.98. The number of hydrogen-bond acceptors (Lipinski definition) is 7. The van der Waals surface area contributed by atoms with Gasteiger partial charge >= 0.3 is 5.97 Å². The maximum atomic E-state index is 11.0. The van der Waals surface area contributed by atoms with Gasteiger partial charge in [-0.15, -0.1) is 0 Å². The average Bonchev–Trinajstić information content (AvgIpc) is 2.75. The quantitative estimate of drug-likeness (QED) is 0.191. The third-order valence-corrected chi connectivity index (χ3v) is 4.96. The smallest absolute Gasteiger partial charge is 0.303 e. The van der Waals surface area contributed by atoms with Crippen molar-refractivity contribution in [3.63, 3.8) is 0 Å². The number of carbonyl (C=O) groups is 1. The van der Waals surface area contributed by atoms with Crippen LogP contribution in [0.15, 0.2) is 35.4 Å². The lowest BCUT2D eigenvalue weighted by Crippen LogP contribution is -2.64. The van der Waals surface area contributed by atoms with Gasteiger partial charge in [0, 0.05) is 31.6 Å². The molecule has 2 rings (SSSR count). The van der Waals surface area contributed by atoms with Crippen LogP contribution in [0.4, 0.5) is 0 Å². The third kappa shape index (κ3) is 7.56. The van der Waals surface area contributed by atoms with Crippen molar-refractivity contribution in [2.45, 2.75) is 62.9 Å². The van der Waals surface area contributed by atoms with E-state index in [2.05, 4.69) is 15.3 Å². The second kappa shape index (κ2) is 13.2. The number of ether oxygens (including phenoxy) is 3.